The van der Waals surface area contributed by atoms with Gasteiger partial charge in [0, 0.05) is 49.5 Å². The van der Waals surface area contributed by atoms with E-state index in [0.717, 1.165) is 59.6 Å². The van der Waals surface area contributed by atoms with E-state index in [0.29, 0.717) is 5.95 Å². The summed E-state index contributed by atoms with van der Waals surface area (Å²) in [6, 6.07) is 19.1. The maximum atomic E-state index is 5.82. The molecule has 0 bridgehead atoms. The van der Waals surface area contributed by atoms with E-state index in [1.54, 1.807) is 14.2 Å². The van der Waals surface area contributed by atoms with Gasteiger partial charge in [0.25, 0.3) is 0 Å². The third-order valence-electron chi connectivity index (χ3n) is 8.31. The van der Waals surface area contributed by atoms with Gasteiger partial charge in [-0.15, -0.1) is 5.10 Å². The van der Waals surface area contributed by atoms with Crippen molar-refractivity contribution in [3.63, 3.8) is 0 Å². The molecule has 6 rings (SSSR count). The maximum Gasteiger partial charge on any atom is 0.245 e. The van der Waals surface area contributed by atoms with Crippen LogP contribution in [0.15, 0.2) is 60.8 Å². The normalized spacial score (nSPS) is 17.6. The average molecular weight is 542 g/mol. The standard InChI is InChI=1S/C31H39N7O2/c1-35-17-13-23(14-18-35)36-15-6-16-37(20-19-36)24-9-11-27(30(21-24)40-3)33-31-32-22-25-10-12-28(38(25)34-31)26-7-4-5-8-29(26)39-2/h4-5,7-12,21-23H,6,13-20H2,1-3H3,(H,33,34). The van der Waals surface area contributed by atoms with Crippen LogP contribution in [0.3, 0.4) is 0 Å². The molecular formula is C31H39N7O2. The van der Waals surface area contributed by atoms with Gasteiger partial charge in [-0.05, 0) is 75.8 Å². The van der Waals surface area contributed by atoms with Gasteiger partial charge in [0.2, 0.25) is 5.95 Å². The number of para-hydroxylation sites is 1. The largest absolute Gasteiger partial charge is 0.496 e. The van der Waals surface area contributed by atoms with Gasteiger partial charge in [0.1, 0.15) is 11.5 Å². The van der Waals surface area contributed by atoms with Crippen molar-refractivity contribution in [1.29, 1.82) is 0 Å². The van der Waals surface area contributed by atoms with Crippen molar-refractivity contribution < 1.29 is 9.47 Å². The van der Waals surface area contributed by atoms with Crippen molar-refractivity contribution >= 4 is 22.8 Å². The molecule has 0 radical (unpaired) electrons. The molecule has 0 spiro atoms. The Labute approximate surface area is 236 Å². The highest BCUT2D eigenvalue weighted by atomic mass is 16.5. The summed E-state index contributed by atoms with van der Waals surface area (Å²) in [6.45, 7) is 6.78. The number of aromatic nitrogens is 3. The second kappa shape index (κ2) is 11.7. The van der Waals surface area contributed by atoms with Gasteiger partial charge in [-0.2, -0.15) is 0 Å². The van der Waals surface area contributed by atoms with Crippen molar-refractivity contribution in [2.75, 3.05) is 70.8 Å². The molecule has 2 aromatic carbocycles. The maximum absolute atomic E-state index is 5.82. The van der Waals surface area contributed by atoms with Gasteiger partial charge in [-0.1, -0.05) is 12.1 Å². The first-order valence-electron chi connectivity index (χ1n) is 14.2. The average Bonchev–Trinajstić information content (AvgIpc) is 3.25. The fourth-order valence-electron chi connectivity index (χ4n) is 6.04. The van der Waals surface area contributed by atoms with Crippen LogP contribution in [0.2, 0.25) is 0 Å². The fourth-order valence-corrected chi connectivity index (χ4v) is 6.04. The van der Waals surface area contributed by atoms with Gasteiger partial charge < -0.3 is 24.6 Å². The summed E-state index contributed by atoms with van der Waals surface area (Å²) in [7, 11) is 5.63. The van der Waals surface area contributed by atoms with E-state index in [1.807, 2.05) is 47.1 Å². The van der Waals surface area contributed by atoms with E-state index in [4.69, 9.17) is 14.6 Å². The molecule has 2 aromatic heterocycles. The molecule has 4 aromatic rings. The Balaban J connectivity index is 1.19. The smallest absolute Gasteiger partial charge is 0.245 e. The van der Waals surface area contributed by atoms with Gasteiger partial charge >= 0.3 is 0 Å². The zero-order chi connectivity index (χ0) is 27.5. The number of fused-ring (bicyclic) bond motifs is 1. The summed E-state index contributed by atoms with van der Waals surface area (Å²) < 4.78 is 13.3. The summed E-state index contributed by atoms with van der Waals surface area (Å²) >= 11 is 0. The number of benzene rings is 2. The third kappa shape index (κ3) is 5.44. The summed E-state index contributed by atoms with van der Waals surface area (Å²) in [5, 5.41) is 8.18. The Kier molecular flexibility index (Phi) is 7.75. The topological polar surface area (TPSA) is 70.4 Å². The highest BCUT2D eigenvalue weighted by molar-refractivity contribution is 5.72. The van der Waals surface area contributed by atoms with Crippen molar-refractivity contribution in [2.24, 2.45) is 0 Å². The second-order valence-corrected chi connectivity index (χ2v) is 10.8. The van der Waals surface area contributed by atoms with Gasteiger partial charge in [-0.3, -0.25) is 4.90 Å². The molecule has 210 valence electrons. The first kappa shape index (κ1) is 26.4. The van der Waals surface area contributed by atoms with Crippen LogP contribution in [0.4, 0.5) is 17.3 Å². The summed E-state index contributed by atoms with van der Waals surface area (Å²) in [4.78, 5) is 12.2. The first-order valence-corrected chi connectivity index (χ1v) is 14.2. The van der Waals surface area contributed by atoms with E-state index in [1.165, 1.54) is 44.6 Å². The molecule has 2 aliphatic heterocycles. The number of hydrogen-bond donors (Lipinski definition) is 1. The Morgan fingerprint density at radius 2 is 1.68 bits per heavy atom. The lowest BCUT2D eigenvalue weighted by molar-refractivity contribution is 0.127. The Bertz CT molecular complexity index is 1450. The lowest BCUT2D eigenvalue weighted by atomic mass is 10.0. The van der Waals surface area contributed by atoms with Gasteiger partial charge in [-0.25, -0.2) is 9.50 Å². The Hall–Kier alpha value is -3.82. The Morgan fingerprint density at radius 3 is 2.50 bits per heavy atom. The minimum absolute atomic E-state index is 0.495. The van der Waals surface area contributed by atoms with Gasteiger partial charge in [0.15, 0.2) is 0 Å². The van der Waals surface area contributed by atoms with E-state index in [-0.39, 0.29) is 0 Å². The number of hydrogen-bond acceptors (Lipinski definition) is 8. The zero-order valence-corrected chi connectivity index (χ0v) is 23.7. The molecule has 0 unspecified atom stereocenters. The van der Waals surface area contributed by atoms with E-state index < -0.39 is 0 Å². The minimum atomic E-state index is 0.495. The fraction of sp³-hybridized carbons (Fsp3) is 0.419. The SMILES string of the molecule is COc1cc(N2CCCN(C3CCN(C)CC3)CC2)ccc1Nc1ncc2ccc(-c3ccccc3OC)n2n1. The number of nitrogens with zero attached hydrogens (tertiary/aromatic N) is 6. The molecule has 0 saturated carbocycles. The highest BCUT2D eigenvalue weighted by Crippen LogP contribution is 2.33. The van der Waals surface area contributed by atoms with Crippen LogP contribution >= 0.6 is 0 Å². The number of likely N-dealkylation sites (tertiary alicyclic amines) is 1. The summed E-state index contributed by atoms with van der Waals surface area (Å²) in [5.41, 5.74) is 4.84. The van der Waals surface area contributed by atoms with Crippen molar-refractivity contribution in [1.82, 2.24) is 24.4 Å². The minimum Gasteiger partial charge on any atom is -0.496 e. The molecule has 2 saturated heterocycles. The predicted molar refractivity (Wildman–Crippen MR) is 160 cm³/mol. The molecule has 0 aliphatic carbocycles. The Morgan fingerprint density at radius 1 is 0.850 bits per heavy atom. The molecule has 2 fully saturated rings. The van der Waals surface area contributed by atoms with Crippen LogP contribution in [0, 0.1) is 0 Å². The number of anilines is 3. The molecule has 0 amide bonds. The molecule has 0 atom stereocenters. The zero-order valence-electron chi connectivity index (χ0n) is 23.7. The van der Waals surface area contributed by atoms with Crippen LogP contribution in [-0.2, 0) is 0 Å². The predicted octanol–water partition coefficient (Wildman–Crippen LogP) is 4.76. The third-order valence-corrected chi connectivity index (χ3v) is 8.31. The van der Waals surface area contributed by atoms with Crippen LogP contribution in [0.25, 0.3) is 16.8 Å². The molecule has 2 aliphatic rings. The first-order chi connectivity index (χ1) is 19.6. The van der Waals surface area contributed by atoms with E-state index in [2.05, 4.69) is 50.2 Å². The quantitative estimate of drug-likeness (QED) is 0.359. The number of methoxy groups -OCH3 is 2. The molecular weight excluding hydrogens is 502 g/mol. The summed E-state index contributed by atoms with van der Waals surface area (Å²) in [5.74, 6) is 2.07. The summed E-state index contributed by atoms with van der Waals surface area (Å²) in [6.07, 6.45) is 5.56. The van der Waals surface area contributed by atoms with Crippen LogP contribution in [0.5, 0.6) is 11.5 Å². The van der Waals surface area contributed by atoms with Crippen LogP contribution in [0.1, 0.15) is 19.3 Å². The number of ether oxygens (including phenoxy) is 2. The molecule has 9 nitrogen and oxygen atoms in total. The van der Waals surface area contributed by atoms with Crippen LogP contribution in [-0.4, -0.2) is 91.0 Å². The van der Waals surface area contributed by atoms with Crippen molar-refractivity contribution in [3.8, 4) is 22.8 Å². The highest BCUT2D eigenvalue weighted by Gasteiger charge is 2.25. The molecule has 9 heteroatoms. The molecule has 4 heterocycles. The van der Waals surface area contributed by atoms with Crippen molar-refractivity contribution in [3.05, 3.63) is 60.8 Å². The number of piperidine rings is 1. The van der Waals surface area contributed by atoms with Crippen molar-refractivity contribution in [2.45, 2.75) is 25.3 Å². The monoisotopic (exact) mass is 541 g/mol. The van der Waals surface area contributed by atoms with E-state index in [9.17, 15) is 0 Å². The number of rotatable bonds is 7. The molecule has 1 N–H and O–H groups in total. The second-order valence-electron chi connectivity index (χ2n) is 10.8. The number of nitrogens with one attached hydrogen (secondary N) is 1. The van der Waals surface area contributed by atoms with Crippen LogP contribution < -0.4 is 19.7 Å². The van der Waals surface area contributed by atoms with Gasteiger partial charge in [0.05, 0.1) is 37.3 Å². The lowest BCUT2D eigenvalue weighted by Crippen LogP contribution is -2.45. The van der Waals surface area contributed by atoms with E-state index >= 15 is 0 Å². The molecule has 40 heavy (non-hydrogen) atoms. The lowest BCUT2D eigenvalue weighted by Gasteiger charge is -2.36.